The number of urea groups is 1. The number of nitrogens with one attached hydrogen (secondary N) is 1. The molecule has 3 amide bonds. The first-order valence-corrected chi connectivity index (χ1v) is 8.00. The van der Waals surface area contributed by atoms with E-state index in [2.05, 4.69) is 16.5 Å². The quantitative estimate of drug-likeness (QED) is 0.641. The van der Waals surface area contributed by atoms with Crippen molar-refractivity contribution in [1.82, 2.24) is 9.78 Å². The zero-order valence-electron chi connectivity index (χ0n) is 14.2. The van der Waals surface area contributed by atoms with Crippen molar-refractivity contribution < 1.29 is 9.59 Å². The molecule has 0 spiro atoms. The second kappa shape index (κ2) is 7.41. The number of nitrogens with zero attached hydrogens (tertiary/aromatic N) is 3. The molecule has 5 N–H and O–H groups in total. The molecule has 134 valence electrons. The molecule has 0 unspecified atom stereocenters. The average Bonchev–Trinajstić information content (AvgIpc) is 3.06. The number of aromatic nitrogens is 2. The number of nitriles is 1. The molecule has 8 heteroatoms. The number of anilines is 1. The number of nitrogens with two attached hydrogens (primary N) is 2. The molecule has 0 aliphatic rings. The molecule has 27 heavy (non-hydrogen) atoms. The lowest BCUT2D eigenvalue weighted by Gasteiger charge is -2.05. The Morgan fingerprint density at radius 1 is 1.04 bits per heavy atom. The summed E-state index contributed by atoms with van der Waals surface area (Å²) in [6, 6.07) is 16.5. The molecular weight excluding hydrogens is 344 g/mol. The van der Waals surface area contributed by atoms with Crippen LogP contribution >= 0.6 is 0 Å². The third kappa shape index (κ3) is 3.93. The van der Waals surface area contributed by atoms with Crippen LogP contribution in [-0.4, -0.2) is 21.7 Å². The predicted octanol–water partition coefficient (Wildman–Crippen LogP) is 2.19. The summed E-state index contributed by atoms with van der Waals surface area (Å²) < 4.78 is 1.44. The van der Waals surface area contributed by atoms with Crippen LogP contribution in [0, 0.1) is 11.3 Å². The predicted molar refractivity (Wildman–Crippen MR) is 100 cm³/mol. The van der Waals surface area contributed by atoms with E-state index in [4.69, 9.17) is 16.7 Å². The van der Waals surface area contributed by atoms with Gasteiger partial charge in [-0.2, -0.15) is 10.4 Å². The van der Waals surface area contributed by atoms with Crippen LogP contribution in [0.5, 0.6) is 0 Å². The minimum Gasteiger partial charge on any atom is -0.364 e. The average molecular weight is 360 g/mol. The maximum Gasteiger partial charge on any atom is 0.316 e. The summed E-state index contributed by atoms with van der Waals surface area (Å²) in [6.07, 6.45) is 1.85. The van der Waals surface area contributed by atoms with Gasteiger partial charge in [-0.05, 0) is 28.8 Å². The standard InChI is InChI=1S/C19H16N6O2/c20-10-9-12-1-3-13(4-2-12)14-5-7-15(8-6-14)25-11-16(23-19(22)27)17(24-25)18(21)26/h1-8,11H,9H2,(H2,21,26)(H3,22,23,27). The van der Waals surface area contributed by atoms with Crippen LogP contribution in [0.25, 0.3) is 16.8 Å². The zero-order valence-corrected chi connectivity index (χ0v) is 14.2. The summed E-state index contributed by atoms with van der Waals surface area (Å²) in [6.45, 7) is 0. The van der Waals surface area contributed by atoms with Crippen molar-refractivity contribution in [3.8, 4) is 22.9 Å². The van der Waals surface area contributed by atoms with E-state index in [1.54, 1.807) is 0 Å². The number of carbonyl (C=O) groups excluding carboxylic acids is 2. The summed E-state index contributed by atoms with van der Waals surface area (Å²) in [5, 5.41) is 15.2. The number of hydrogen-bond acceptors (Lipinski definition) is 4. The molecule has 1 aromatic heterocycles. The summed E-state index contributed by atoms with van der Waals surface area (Å²) in [5.41, 5.74) is 14.1. The fourth-order valence-corrected chi connectivity index (χ4v) is 2.63. The van der Waals surface area contributed by atoms with Crippen molar-refractivity contribution in [2.45, 2.75) is 6.42 Å². The third-order valence-electron chi connectivity index (χ3n) is 3.91. The molecule has 0 aliphatic carbocycles. The van der Waals surface area contributed by atoms with E-state index >= 15 is 0 Å². The van der Waals surface area contributed by atoms with Gasteiger partial charge in [-0.3, -0.25) is 4.79 Å². The largest absolute Gasteiger partial charge is 0.364 e. The molecule has 0 saturated heterocycles. The number of amides is 3. The Hall–Kier alpha value is -4.12. The lowest BCUT2D eigenvalue weighted by Crippen LogP contribution is -2.22. The fraction of sp³-hybridized carbons (Fsp3) is 0.0526. The van der Waals surface area contributed by atoms with Crippen molar-refractivity contribution >= 4 is 17.6 Å². The zero-order chi connectivity index (χ0) is 19.4. The minimum atomic E-state index is -0.813. The normalized spacial score (nSPS) is 10.2. The van der Waals surface area contributed by atoms with E-state index in [-0.39, 0.29) is 11.4 Å². The molecule has 0 bridgehead atoms. The SMILES string of the molecule is N#CCc1ccc(-c2ccc(-n3cc(NC(N)=O)c(C(N)=O)n3)cc2)cc1. The molecule has 0 fully saturated rings. The first-order chi connectivity index (χ1) is 13.0. The Morgan fingerprint density at radius 3 is 2.15 bits per heavy atom. The highest BCUT2D eigenvalue weighted by atomic mass is 16.2. The van der Waals surface area contributed by atoms with Crippen LogP contribution in [0.1, 0.15) is 16.1 Å². The third-order valence-corrected chi connectivity index (χ3v) is 3.91. The minimum absolute atomic E-state index is 0.0778. The Morgan fingerprint density at radius 2 is 1.63 bits per heavy atom. The molecule has 0 aliphatic heterocycles. The Labute approximate surface area is 155 Å². The van der Waals surface area contributed by atoms with Crippen LogP contribution < -0.4 is 16.8 Å². The number of hydrogen-bond donors (Lipinski definition) is 3. The fourth-order valence-electron chi connectivity index (χ4n) is 2.63. The molecular formula is C19H16N6O2. The van der Waals surface area contributed by atoms with Gasteiger partial charge in [0.05, 0.1) is 30.1 Å². The van der Waals surface area contributed by atoms with Gasteiger partial charge in [-0.15, -0.1) is 0 Å². The highest BCUT2D eigenvalue weighted by Gasteiger charge is 2.16. The highest BCUT2D eigenvalue weighted by Crippen LogP contribution is 2.23. The number of primary amides is 2. The maximum absolute atomic E-state index is 11.5. The summed E-state index contributed by atoms with van der Waals surface area (Å²) in [7, 11) is 0. The van der Waals surface area contributed by atoms with Crippen molar-refractivity contribution in [1.29, 1.82) is 5.26 Å². The summed E-state index contributed by atoms with van der Waals surface area (Å²) >= 11 is 0. The summed E-state index contributed by atoms with van der Waals surface area (Å²) in [5.74, 6) is -0.772. The molecule has 3 aromatic rings. The summed E-state index contributed by atoms with van der Waals surface area (Å²) in [4.78, 5) is 22.6. The van der Waals surface area contributed by atoms with Gasteiger partial charge in [0.2, 0.25) is 0 Å². The molecule has 0 saturated carbocycles. The van der Waals surface area contributed by atoms with E-state index in [0.29, 0.717) is 12.1 Å². The Bertz CT molecular complexity index is 1030. The number of carbonyl (C=O) groups is 2. The monoisotopic (exact) mass is 360 g/mol. The molecule has 1 heterocycles. The molecule has 2 aromatic carbocycles. The lowest BCUT2D eigenvalue weighted by molar-refractivity contribution is 0.0996. The van der Waals surface area contributed by atoms with E-state index in [1.807, 2.05) is 48.5 Å². The van der Waals surface area contributed by atoms with Gasteiger partial charge in [-0.25, -0.2) is 9.48 Å². The topological polar surface area (TPSA) is 140 Å². The van der Waals surface area contributed by atoms with Crippen LogP contribution in [0.15, 0.2) is 54.7 Å². The number of rotatable bonds is 5. The van der Waals surface area contributed by atoms with Crippen molar-refractivity contribution in [3.05, 3.63) is 66.0 Å². The van der Waals surface area contributed by atoms with Crippen molar-refractivity contribution in [2.75, 3.05) is 5.32 Å². The van der Waals surface area contributed by atoms with Crippen LogP contribution in [0.3, 0.4) is 0 Å². The van der Waals surface area contributed by atoms with Crippen LogP contribution in [0.4, 0.5) is 10.5 Å². The molecule has 0 radical (unpaired) electrons. The molecule has 8 nitrogen and oxygen atoms in total. The van der Waals surface area contributed by atoms with Crippen molar-refractivity contribution in [3.63, 3.8) is 0 Å². The molecule has 0 atom stereocenters. The smallest absolute Gasteiger partial charge is 0.316 e. The van der Waals surface area contributed by atoms with Gasteiger partial charge in [0, 0.05) is 0 Å². The second-order valence-corrected chi connectivity index (χ2v) is 5.77. The van der Waals surface area contributed by atoms with E-state index in [0.717, 1.165) is 16.7 Å². The van der Waals surface area contributed by atoms with Gasteiger partial charge in [0.15, 0.2) is 5.69 Å². The van der Waals surface area contributed by atoms with Gasteiger partial charge >= 0.3 is 6.03 Å². The number of benzene rings is 2. The van der Waals surface area contributed by atoms with E-state index in [9.17, 15) is 9.59 Å². The van der Waals surface area contributed by atoms with E-state index < -0.39 is 11.9 Å². The highest BCUT2D eigenvalue weighted by molar-refractivity contribution is 6.00. The van der Waals surface area contributed by atoms with Crippen LogP contribution in [-0.2, 0) is 6.42 Å². The first kappa shape index (κ1) is 17.7. The van der Waals surface area contributed by atoms with Gasteiger partial charge in [0.1, 0.15) is 0 Å². The van der Waals surface area contributed by atoms with Gasteiger partial charge < -0.3 is 16.8 Å². The Balaban J connectivity index is 1.88. The van der Waals surface area contributed by atoms with Gasteiger partial charge in [0.25, 0.3) is 5.91 Å². The van der Waals surface area contributed by atoms with E-state index in [1.165, 1.54) is 10.9 Å². The molecule has 3 rings (SSSR count). The second-order valence-electron chi connectivity index (χ2n) is 5.77. The van der Waals surface area contributed by atoms with Gasteiger partial charge in [-0.1, -0.05) is 36.4 Å². The van der Waals surface area contributed by atoms with Crippen molar-refractivity contribution in [2.24, 2.45) is 11.5 Å². The lowest BCUT2D eigenvalue weighted by atomic mass is 10.0. The maximum atomic E-state index is 11.5. The first-order valence-electron chi connectivity index (χ1n) is 8.00. The Kier molecular flexibility index (Phi) is 4.86. The van der Waals surface area contributed by atoms with Crippen LogP contribution in [0.2, 0.25) is 0 Å².